The van der Waals surface area contributed by atoms with Gasteiger partial charge in [0.1, 0.15) is 0 Å². The van der Waals surface area contributed by atoms with E-state index in [1.807, 2.05) is 0 Å². The van der Waals surface area contributed by atoms with E-state index in [0.29, 0.717) is 0 Å². The van der Waals surface area contributed by atoms with E-state index in [1.54, 1.807) is 0 Å². The van der Waals surface area contributed by atoms with Crippen molar-refractivity contribution in [2.24, 2.45) is 0 Å². The molecular formula is C8H17KO. The summed E-state index contributed by atoms with van der Waals surface area (Å²) < 4.78 is 0. The van der Waals surface area contributed by atoms with Crippen LogP contribution in [0.25, 0.3) is 0 Å². The summed E-state index contributed by atoms with van der Waals surface area (Å²) in [5.74, 6) is 0. The van der Waals surface area contributed by atoms with Gasteiger partial charge in [-0.1, -0.05) is 45.4 Å². The molecule has 2 heteroatoms. The Labute approximate surface area is 107 Å². The number of hydrogen-bond donors (Lipinski definition) is 0. The van der Waals surface area contributed by atoms with Gasteiger partial charge in [-0.2, -0.15) is 0 Å². The van der Waals surface area contributed by atoms with Gasteiger partial charge in [0.05, 0.1) is 0 Å². The van der Waals surface area contributed by atoms with Crippen LogP contribution in [0.15, 0.2) is 0 Å². The van der Waals surface area contributed by atoms with Crippen LogP contribution in [0.1, 0.15) is 45.4 Å². The van der Waals surface area contributed by atoms with Gasteiger partial charge in [-0.15, -0.1) is 6.61 Å². The van der Waals surface area contributed by atoms with Gasteiger partial charge >= 0.3 is 51.4 Å². The van der Waals surface area contributed by atoms with E-state index in [0.717, 1.165) is 12.8 Å². The molecule has 0 spiro atoms. The molecule has 0 aliphatic heterocycles. The minimum Gasteiger partial charge on any atom is -0.854 e. The van der Waals surface area contributed by atoms with Gasteiger partial charge in [-0.25, -0.2) is 0 Å². The summed E-state index contributed by atoms with van der Waals surface area (Å²) in [7, 11) is 0. The maximum atomic E-state index is 9.96. The zero-order valence-electron chi connectivity index (χ0n) is 7.36. The Morgan fingerprint density at radius 2 is 1.40 bits per heavy atom. The molecule has 0 saturated heterocycles. The summed E-state index contributed by atoms with van der Waals surface area (Å²) in [6.07, 6.45) is 7.22. The smallest absolute Gasteiger partial charge is 0.854 e. The molecule has 0 fully saturated rings. The Morgan fingerprint density at radius 1 is 0.900 bits per heavy atom. The van der Waals surface area contributed by atoms with Crippen LogP contribution in [0.2, 0.25) is 0 Å². The predicted octanol–water partition coefficient (Wildman–Crippen LogP) is -1.29. The fourth-order valence-corrected chi connectivity index (χ4v) is 0.882. The Bertz CT molecular complexity index is 42.5. The van der Waals surface area contributed by atoms with Crippen molar-refractivity contribution in [2.45, 2.75) is 45.4 Å². The molecule has 0 rings (SSSR count). The zero-order valence-corrected chi connectivity index (χ0v) is 10.5. The van der Waals surface area contributed by atoms with Gasteiger partial charge in [0.15, 0.2) is 0 Å². The van der Waals surface area contributed by atoms with E-state index >= 15 is 0 Å². The molecule has 0 atom stereocenters. The first kappa shape index (κ1) is 14.1. The molecule has 0 saturated carbocycles. The van der Waals surface area contributed by atoms with Crippen LogP contribution in [-0.2, 0) is 0 Å². The van der Waals surface area contributed by atoms with Crippen molar-refractivity contribution >= 4 is 0 Å². The number of hydrogen-bond acceptors (Lipinski definition) is 1. The Hall–Kier alpha value is 1.60. The molecule has 0 aromatic heterocycles. The normalized spacial score (nSPS) is 9.00. The van der Waals surface area contributed by atoms with Crippen LogP contribution in [0.5, 0.6) is 0 Å². The van der Waals surface area contributed by atoms with Crippen LogP contribution < -0.4 is 56.5 Å². The summed E-state index contributed by atoms with van der Waals surface area (Å²) in [6, 6.07) is 0. The van der Waals surface area contributed by atoms with Gasteiger partial charge in [0.25, 0.3) is 0 Å². The molecular weight excluding hydrogens is 151 g/mol. The predicted molar refractivity (Wildman–Crippen MR) is 38.2 cm³/mol. The molecule has 56 valence electrons. The Morgan fingerprint density at radius 3 is 1.90 bits per heavy atom. The van der Waals surface area contributed by atoms with Crippen molar-refractivity contribution in [2.75, 3.05) is 6.61 Å². The SMILES string of the molecule is CCCCCCCC[O-].[K+]. The first-order chi connectivity index (χ1) is 4.41. The third-order valence-electron chi connectivity index (χ3n) is 1.50. The van der Waals surface area contributed by atoms with E-state index in [1.165, 1.54) is 25.7 Å². The molecule has 0 aromatic carbocycles. The fraction of sp³-hybridized carbons (Fsp3) is 1.00. The molecule has 0 radical (unpaired) electrons. The van der Waals surface area contributed by atoms with Gasteiger partial charge in [-0.05, 0) is 0 Å². The van der Waals surface area contributed by atoms with Crippen LogP contribution in [0, 0.1) is 0 Å². The Balaban J connectivity index is 0. The maximum Gasteiger partial charge on any atom is 1.00 e. The van der Waals surface area contributed by atoms with E-state index in [4.69, 9.17) is 0 Å². The van der Waals surface area contributed by atoms with Gasteiger partial charge in [0, 0.05) is 0 Å². The topological polar surface area (TPSA) is 23.1 Å². The third-order valence-corrected chi connectivity index (χ3v) is 1.50. The van der Waals surface area contributed by atoms with Crippen LogP contribution >= 0.6 is 0 Å². The van der Waals surface area contributed by atoms with Crippen molar-refractivity contribution in [3.63, 3.8) is 0 Å². The molecule has 0 bridgehead atoms. The van der Waals surface area contributed by atoms with Gasteiger partial charge < -0.3 is 5.11 Å². The quantitative estimate of drug-likeness (QED) is 0.357. The maximum absolute atomic E-state index is 9.96. The van der Waals surface area contributed by atoms with Crippen molar-refractivity contribution in [1.29, 1.82) is 0 Å². The van der Waals surface area contributed by atoms with E-state index in [2.05, 4.69) is 6.92 Å². The third kappa shape index (κ3) is 12.3. The molecule has 0 aromatic rings. The average Bonchev–Trinajstić information content (AvgIpc) is 1.89. The second-order valence-corrected chi connectivity index (χ2v) is 2.47. The summed E-state index contributed by atoms with van der Waals surface area (Å²) in [5.41, 5.74) is 0. The fourth-order valence-electron chi connectivity index (χ4n) is 0.882. The van der Waals surface area contributed by atoms with E-state index in [9.17, 15) is 5.11 Å². The summed E-state index contributed by atoms with van der Waals surface area (Å²) in [6.45, 7) is 2.32. The number of unbranched alkanes of at least 4 members (excludes halogenated alkanes) is 5. The second kappa shape index (κ2) is 13.2. The number of rotatable bonds is 6. The first-order valence-corrected chi connectivity index (χ1v) is 4.00. The summed E-state index contributed by atoms with van der Waals surface area (Å²) in [4.78, 5) is 0. The molecule has 0 N–H and O–H groups in total. The van der Waals surface area contributed by atoms with Crippen LogP contribution in [0.3, 0.4) is 0 Å². The summed E-state index contributed by atoms with van der Waals surface area (Å²) >= 11 is 0. The van der Waals surface area contributed by atoms with Crippen molar-refractivity contribution < 1.29 is 56.5 Å². The molecule has 1 nitrogen and oxygen atoms in total. The molecule has 0 aliphatic rings. The van der Waals surface area contributed by atoms with Gasteiger partial charge in [-0.3, -0.25) is 0 Å². The van der Waals surface area contributed by atoms with Gasteiger partial charge in [0.2, 0.25) is 0 Å². The minimum absolute atomic E-state index is 0. The molecule has 0 unspecified atom stereocenters. The molecule has 0 aliphatic carbocycles. The van der Waals surface area contributed by atoms with E-state index < -0.39 is 0 Å². The standard InChI is InChI=1S/C8H17O.K/c1-2-3-4-5-6-7-8-9;/h2-8H2,1H3;/q-1;+1. The van der Waals surface area contributed by atoms with Crippen LogP contribution in [-0.4, -0.2) is 6.61 Å². The Kier molecular flexibility index (Phi) is 18.7. The zero-order chi connectivity index (χ0) is 6.95. The first-order valence-electron chi connectivity index (χ1n) is 4.00. The molecule has 10 heavy (non-hydrogen) atoms. The van der Waals surface area contributed by atoms with Crippen LogP contribution in [0.4, 0.5) is 0 Å². The van der Waals surface area contributed by atoms with Crippen molar-refractivity contribution in [3.8, 4) is 0 Å². The molecule has 0 amide bonds. The summed E-state index contributed by atoms with van der Waals surface area (Å²) in [5, 5.41) is 9.96. The minimum atomic E-state index is 0. The van der Waals surface area contributed by atoms with Crippen molar-refractivity contribution in [1.82, 2.24) is 0 Å². The largest absolute Gasteiger partial charge is 1.00 e. The molecule has 0 heterocycles. The average molecular weight is 168 g/mol. The van der Waals surface area contributed by atoms with Crippen molar-refractivity contribution in [3.05, 3.63) is 0 Å². The monoisotopic (exact) mass is 168 g/mol. The second-order valence-electron chi connectivity index (χ2n) is 2.47. The van der Waals surface area contributed by atoms with E-state index in [-0.39, 0.29) is 58.0 Å².